The molecular weight excluding hydrogens is 460 g/mol. The molecule has 1 aromatic heterocycles. The van der Waals surface area contributed by atoms with Crippen LogP contribution in [0.4, 0.5) is 5.82 Å². The maximum Gasteiger partial charge on any atom is 0.253 e. The first-order valence-corrected chi connectivity index (χ1v) is 12.0. The number of anilines is 1. The molecule has 2 aliphatic heterocycles. The number of nitrogens with one attached hydrogen (secondary N) is 1. The second-order valence-corrected chi connectivity index (χ2v) is 9.33. The molecule has 3 heterocycles. The lowest BCUT2D eigenvalue weighted by Gasteiger charge is -2.36. The highest BCUT2D eigenvalue weighted by Gasteiger charge is 2.33. The van der Waals surface area contributed by atoms with Gasteiger partial charge in [0.2, 0.25) is 5.91 Å². The van der Waals surface area contributed by atoms with Gasteiger partial charge in [0.05, 0.1) is 5.92 Å². The number of rotatable bonds is 4. The van der Waals surface area contributed by atoms with E-state index >= 15 is 0 Å². The van der Waals surface area contributed by atoms with E-state index in [0.717, 1.165) is 41.2 Å². The van der Waals surface area contributed by atoms with Crippen molar-refractivity contribution in [1.82, 2.24) is 15.2 Å². The molecule has 5 rings (SSSR count). The number of amides is 2. The first-order valence-electron chi connectivity index (χ1n) is 12.0. The topological polar surface area (TPSA) is 65.5 Å². The second kappa shape index (κ2) is 10.5. The Morgan fingerprint density at radius 3 is 2.26 bits per heavy atom. The van der Waals surface area contributed by atoms with Gasteiger partial charge in [-0.15, -0.1) is 12.4 Å². The van der Waals surface area contributed by atoms with Crippen LogP contribution in [0.15, 0.2) is 66.9 Å². The van der Waals surface area contributed by atoms with E-state index in [0.29, 0.717) is 25.2 Å². The fourth-order valence-corrected chi connectivity index (χ4v) is 5.05. The second-order valence-electron chi connectivity index (χ2n) is 9.33. The number of aryl methyl sites for hydroxylation is 1. The first kappa shape index (κ1) is 24.7. The lowest BCUT2D eigenvalue weighted by Crippen LogP contribution is -2.49. The van der Waals surface area contributed by atoms with Gasteiger partial charge in [-0.3, -0.25) is 9.59 Å². The number of halogens is 1. The number of pyridine rings is 1. The minimum absolute atomic E-state index is 0. The minimum Gasteiger partial charge on any atom is -0.355 e. The van der Waals surface area contributed by atoms with Crippen molar-refractivity contribution < 1.29 is 9.59 Å². The molecule has 2 saturated heterocycles. The van der Waals surface area contributed by atoms with E-state index in [4.69, 9.17) is 4.98 Å². The number of aromatic nitrogens is 1. The number of carbonyl (C=O) groups excluding carboxylic acids is 2. The third kappa shape index (κ3) is 5.03. The SMILES string of the molecule is Cc1cc(-c2ccccc2)cnc1N1CCN(C(=O)c2ccc([C@@H]3C(=O)NCC3C)cc2)CC1.Cl. The van der Waals surface area contributed by atoms with Crippen molar-refractivity contribution >= 4 is 30.0 Å². The van der Waals surface area contributed by atoms with Gasteiger partial charge in [0.1, 0.15) is 5.82 Å². The summed E-state index contributed by atoms with van der Waals surface area (Å²) < 4.78 is 0. The molecule has 35 heavy (non-hydrogen) atoms. The minimum atomic E-state index is -0.128. The Balaban J connectivity index is 0.00000289. The maximum atomic E-state index is 13.1. The molecule has 0 saturated carbocycles. The van der Waals surface area contributed by atoms with E-state index < -0.39 is 0 Å². The van der Waals surface area contributed by atoms with Crippen LogP contribution in [-0.4, -0.2) is 54.4 Å². The van der Waals surface area contributed by atoms with Crippen LogP contribution < -0.4 is 10.2 Å². The van der Waals surface area contributed by atoms with Gasteiger partial charge in [0.15, 0.2) is 0 Å². The molecule has 0 aliphatic carbocycles. The summed E-state index contributed by atoms with van der Waals surface area (Å²) in [5.41, 5.74) is 5.06. The van der Waals surface area contributed by atoms with Crippen LogP contribution in [0, 0.1) is 12.8 Å². The third-order valence-corrected chi connectivity index (χ3v) is 6.99. The average Bonchev–Trinajstić information content (AvgIpc) is 3.22. The van der Waals surface area contributed by atoms with Gasteiger partial charge in [-0.05, 0) is 47.7 Å². The summed E-state index contributed by atoms with van der Waals surface area (Å²) in [6, 6.07) is 20.0. The summed E-state index contributed by atoms with van der Waals surface area (Å²) in [4.78, 5) is 34.1. The molecule has 3 aromatic rings. The van der Waals surface area contributed by atoms with Crippen LogP contribution >= 0.6 is 12.4 Å². The summed E-state index contributed by atoms with van der Waals surface area (Å²) >= 11 is 0. The normalized spacial score (nSPS) is 19.8. The molecule has 2 amide bonds. The van der Waals surface area contributed by atoms with E-state index in [1.807, 2.05) is 53.6 Å². The van der Waals surface area contributed by atoms with E-state index in [1.54, 1.807) is 0 Å². The monoisotopic (exact) mass is 490 g/mol. The van der Waals surface area contributed by atoms with Crippen molar-refractivity contribution in [2.75, 3.05) is 37.6 Å². The molecule has 2 aromatic carbocycles. The maximum absolute atomic E-state index is 13.1. The molecule has 6 nitrogen and oxygen atoms in total. The van der Waals surface area contributed by atoms with Crippen LogP contribution in [0.1, 0.15) is 34.3 Å². The molecule has 1 unspecified atom stereocenters. The fourth-order valence-electron chi connectivity index (χ4n) is 5.05. The number of hydrogen-bond acceptors (Lipinski definition) is 4. The summed E-state index contributed by atoms with van der Waals surface area (Å²) in [6.45, 7) is 7.70. The Morgan fingerprint density at radius 2 is 1.66 bits per heavy atom. The smallest absolute Gasteiger partial charge is 0.253 e. The van der Waals surface area contributed by atoms with E-state index in [1.165, 1.54) is 0 Å². The Hall–Kier alpha value is -3.38. The molecule has 0 radical (unpaired) electrons. The lowest BCUT2D eigenvalue weighted by molar-refractivity contribution is -0.120. The molecule has 0 bridgehead atoms. The quantitative estimate of drug-likeness (QED) is 0.592. The summed E-state index contributed by atoms with van der Waals surface area (Å²) in [7, 11) is 0. The highest BCUT2D eigenvalue weighted by atomic mass is 35.5. The zero-order chi connectivity index (χ0) is 23.7. The van der Waals surface area contributed by atoms with Crippen LogP contribution in [0.25, 0.3) is 11.1 Å². The Labute approximate surface area is 212 Å². The zero-order valence-electron chi connectivity index (χ0n) is 20.1. The molecule has 2 atom stereocenters. The van der Waals surface area contributed by atoms with Crippen LogP contribution in [-0.2, 0) is 4.79 Å². The van der Waals surface area contributed by atoms with Crippen molar-refractivity contribution in [3.63, 3.8) is 0 Å². The molecule has 182 valence electrons. The van der Waals surface area contributed by atoms with E-state index in [-0.39, 0.29) is 36.1 Å². The number of benzene rings is 2. The van der Waals surface area contributed by atoms with Crippen molar-refractivity contribution in [2.45, 2.75) is 19.8 Å². The Morgan fingerprint density at radius 1 is 0.971 bits per heavy atom. The van der Waals surface area contributed by atoms with Crippen molar-refractivity contribution in [1.29, 1.82) is 0 Å². The highest BCUT2D eigenvalue weighted by Crippen LogP contribution is 2.29. The van der Waals surface area contributed by atoms with Crippen molar-refractivity contribution in [2.24, 2.45) is 5.92 Å². The molecule has 2 fully saturated rings. The molecule has 0 spiro atoms. The van der Waals surface area contributed by atoms with Crippen LogP contribution in [0.3, 0.4) is 0 Å². The van der Waals surface area contributed by atoms with E-state index in [9.17, 15) is 9.59 Å². The molecule has 1 N–H and O–H groups in total. The first-order chi connectivity index (χ1) is 16.5. The highest BCUT2D eigenvalue weighted by molar-refractivity contribution is 5.94. The van der Waals surface area contributed by atoms with Gasteiger partial charge in [-0.2, -0.15) is 0 Å². The lowest BCUT2D eigenvalue weighted by atomic mass is 9.89. The zero-order valence-corrected chi connectivity index (χ0v) is 20.9. The summed E-state index contributed by atoms with van der Waals surface area (Å²) in [5.74, 6) is 1.24. The molecular formula is C28H31ClN4O2. The molecule has 7 heteroatoms. The Kier molecular flexibility index (Phi) is 7.41. The van der Waals surface area contributed by atoms with Gasteiger partial charge >= 0.3 is 0 Å². The van der Waals surface area contributed by atoms with E-state index in [2.05, 4.69) is 42.3 Å². The summed E-state index contributed by atoms with van der Waals surface area (Å²) in [6.07, 6.45) is 1.93. The largest absolute Gasteiger partial charge is 0.355 e. The number of hydrogen-bond donors (Lipinski definition) is 1. The predicted molar refractivity (Wildman–Crippen MR) is 141 cm³/mol. The third-order valence-electron chi connectivity index (χ3n) is 6.99. The van der Waals surface area contributed by atoms with Crippen LogP contribution in [0.5, 0.6) is 0 Å². The number of nitrogens with zero attached hydrogens (tertiary/aromatic N) is 3. The van der Waals surface area contributed by atoms with Gasteiger partial charge in [-0.1, -0.05) is 49.4 Å². The van der Waals surface area contributed by atoms with Gasteiger partial charge in [-0.25, -0.2) is 4.98 Å². The molecule has 2 aliphatic rings. The summed E-state index contributed by atoms with van der Waals surface area (Å²) in [5, 5.41) is 2.92. The van der Waals surface area contributed by atoms with Crippen LogP contribution in [0.2, 0.25) is 0 Å². The Bertz CT molecular complexity index is 1190. The van der Waals surface area contributed by atoms with Crippen molar-refractivity contribution in [3.8, 4) is 11.1 Å². The van der Waals surface area contributed by atoms with Gasteiger partial charge in [0.25, 0.3) is 5.91 Å². The van der Waals surface area contributed by atoms with Gasteiger partial charge < -0.3 is 15.1 Å². The van der Waals surface area contributed by atoms with Gasteiger partial charge in [0, 0.05) is 50.0 Å². The predicted octanol–water partition coefficient (Wildman–Crippen LogP) is 4.29. The van der Waals surface area contributed by atoms with Crippen molar-refractivity contribution in [3.05, 3.63) is 83.6 Å². The fraction of sp³-hybridized carbons (Fsp3) is 0.321. The average molecular weight is 491 g/mol. The standard InChI is InChI=1S/C28H30N4O2.ClH/c1-19-16-24(21-6-4-3-5-7-21)18-29-26(19)31-12-14-32(15-13-31)28(34)23-10-8-22(9-11-23)25-20(2)17-30-27(25)33;/h3-11,16,18,20,25H,12-15,17H2,1-2H3,(H,30,33);1H/t20?,25-;/m1./s1. The number of piperazine rings is 1. The number of carbonyl (C=O) groups is 2.